The molecule has 2 aliphatic rings. The number of hydrogen-bond donors (Lipinski definition) is 2. The lowest BCUT2D eigenvalue weighted by atomic mass is 10.0. The van der Waals surface area contributed by atoms with Crippen molar-refractivity contribution in [3.05, 3.63) is 53.4 Å². The van der Waals surface area contributed by atoms with E-state index in [1.807, 2.05) is 6.08 Å². The zero-order valence-corrected chi connectivity index (χ0v) is 16.0. The standard InChI is InChI=1S/C21H27ClN4/c1-15-12-18(10-11-23-15)24-13-21-25-19-4-2-3-5-20(19)26(21)14-16-6-8-17(22)9-7-16/h2-6,8-9,15-16,18,23-24H,7,10-14H2,1H3. The molecule has 1 aliphatic carbocycles. The van der Waals surface area contributed by atoms with E-state index in [-0.39, 0.29) is 0 Å². The van der Waals surface area contributed by atoms with Crippen LogP contribution in [0.25, 0.3) is 11.0 Å². The van der Waals surface area contributed by atoms with Crippen LogP contribution in [0, 0.1) is 5.92 Å². The number of allylic oxidation sites excluding steroid dienone is 4. The summed E-state index contributed by atoms with van der Waals surface area (Å²) in [5, 5.41) is 8.10. The smallest absolute Gasteiger partial charge is 0.123 e. The molecule has 2 heterocycles. The minimum Gasteiger partial charge on any atom is -0.326 e. The highest BCUT2D eigenvalue weighted by Crippen LogP contribution is 2.24. The van der Waals surface area contributed by atoms with Gasteiger partial charge >= 0.3 is 0 Å². The molecule has 1 aliphatic heterocycles. The molecule has 2 N–H and O–H groups in total. The van der Waals surface area contributed by atoms with Crippen molar-refractivity contribution >= 4 is 22.6 Å². The van der Waals surface area contributed by atoms with E-state index in [0.717, 1.165) is 42.4 Å². The SMILES string of the molecule is CC1CC(NCc2nc3ccccc3n2CC2C=CC(Cl)=CC2)CCN1. The van der Waals surface area contributed by atoms with Gasteiger partial charge in [-0.05, 0) is 56.9 Å². The lowest BCUT2D eigenvalue weighted by Gasteiger charge is -2.29. The molecule has 0 amide bonds. The molecule has 4 rings (SSSR count). The molecule has 3 unspecified atom stereocenters. The predicted molar refractivity (Wildman–Crippen MR) is 108 cm³/mol. The van der Waals surface area contributed by atoms with Gasteiger partial charge in [0, 0.05) is 23.7 Å². The summed E-state index contributed by atoms with van der Waals surface area (Å²) in [5.41, 5.74) is 2.30. The van der Waals surface area contributed by atoms with Gasteiger partial charge in [-0.1, -0.05) is 35.9 Å². The van der Waals surface area contributed by atoms with Crippen LogP contribution in [-0.4, -0.2) is 28.2 Å². The number of benzene rings is 1. The van der Waals surface area contributed by atoms with E-state index >= 15 is 0 Å². The molecule has 3 atom stereocenters. The highest BCUT2D eigenvalue weighted by Gasteiger charge is 2.20. The molecule has 5 heteroatoms. The molecule has 1 aromatic heterocycles. The van der Waals surface area contributed by atoms with Crippen LogP contribution in [0.15, 0.2) is 47.5 Å². The number of nitrogens with zero attached hydrogens (tertiary/aromatic N) is 2. The summed E-state index contributed by atoms with van der Waals surface area (Å²) in [6, 6.07) is 9.59. The van der Waals surface area contributed by atoms with E-state index in [4.69, 9.17) is 16.6 Å². The van der Waals surface area contributed by atoms with Gasteiger partial charge in [0.25, 0.3) is 0 Å². The maximum Gasteiger partial charge on any atom is 0.123 e. The first-order chi connectivity index (χ1) is 12.7. The van der Waals surface area contributed by atoms with E-state index in [0.29, 0.717) is 18.0 Å². The maximum atomic E-state index is 6.08. The number of fused-ring (bicyclic) bond motifs is 1. The summed E-state index contributed by atoms with van der Waals surface area (Å²) >= 11 is 6.08. The molecule has 1 saturated heterocycles. The molecule has 0 spiro atoms. The number of piperidine rings is 1. The van der Waals surface area contributed by atoms with Crippen molar-refractivity contribution in [2.45, 2.75) is 51.4 Å². The monoisotopic (exact) mass is 370 g/mol. The Morgan fingerprint density at radius 1 is 1.35 bits per heavy atom. The zero-order chi connectivity index (χ0) is 17.9. The second-order valence-corrected chi connectivity index (χ2v) is 7.97. The summed E-state index contributed by atoms with van der Waals surface area (Å²) in [5.74, 6) is 1.60. The average Bonchev–Trinajstić information content (AvgIpc) is 3.00. The molecule has 4 nitrogen and oxygen atoms in total. The Hall–Kier alpha value is -1.62. The van der Waals surface area contributed by atoms with E-state index in [9.17, 15) is 0 Å². The highest BCUT2D eigenvalue weighted by atomic mass is 35.5. The van der Waals surface area contributed by atoms with Crippen molar-refractivity contribution < 1.29 is 0 Å². The van der Waals surface area contributed by atoms with Crippen LogP contribution < -0.4 is 10.6 Å². The summed E-state index contributed by atoms with van der Waals surface area (Å²) in [4.78, 5) is 4.92. The van der Waals surface area contributed by atoms with Gasteiger partial charge in [0.05, 0.1) is 17.6 Å². The number of nitrogens with one attached hydrogen (secondary N) is 2. The van der Waals surface area contributed by atoms with Crippen LogP contribution in [0.3, 0.4) is 0 Å². The Morgan fingerprint density at radius 3 is 3.04 bits per heavy atom. The fourth-order valence-corrected chi connectivity index (χ4v) is 4.19. The van der Waals surface area contributed by atoms with Crippen LogP contribution in [0.2, 0.25) is 0 Å². The van der Waals surface area contributed by atoms with Crippen LogP contribution >= 0.6 is 11.6 Å². The van der Waals surface area contributed by atoms with Gasteiger partial charge in [0.1, 0.15) is 5.82 Å². The summed E-state index contributed by atoms with van der Waals surface area (Å²) in [6.07, 6.45) is 9.69. The van der Waals surface area contributed by atoms with Crippen LogP contribution in [-0.2, 0) is 13.1 Å². The Morgan fingerprint density at radius 2 is 2.23 bits per heavy atom. The molecule has 2 aromatic rings. The number of imidazole rings is 1. The molecular formula is C21H27ClN4. The second kappa shape index (κ2) is 7.95. The number of aromatic nitrogens is 2. The number of para-hydroxylation sites is 2. The molecular weight excluding hydrogens is 344 g/mol. The Bertz CT molecular complexity index is 823. The van der Waals surface area contributed by atoms with Gasteiger partial charge in [0.2, 0.25) is 0 Å². The maximum absolute atomic E-state index is 6.08. The fraction of sp³-hybridized carbons (Fsp3) is 0.476. The van der Waals surface area contributed by atoms with Gasteiger partial charge in [0.15, 0.2) is 0 Å². The molecule has 1 aromatic carbocycles. The molecule has 1 fully saturated rings. The number of rotatable bonds is 5. The van der Waals surface area contributed by atoms with Gasteiger partial charge in [-0.3, -0.25) is 0 Å². The predicted octanol–water partition coefficient (Wildman–Crippen LogP) is 3.97. The van der Waals surface area contributed by atoms with Gasteiger partial charge in [-0.15, -0.1) is 0 Å². The fourth-order valence-electron chi connectivity index (χ4n) is 4.03. The van der Waals surface area contributed by atoms with Crippen LogP contribution in [0.5, 0.6) is 0 Å². The Balaban J connectivity index is 1.52. The summed E-state index contributed by atoms with van der Waals surface area (Å²) in [6.45, 7) is 5.11. The lowest BCUT2D eigenvalue weighted by molar-refractivity contribution is 0.327. The first-order valence-corrected chi connectivity index (χ1v) is 10.0. The van der Waals surface area contributed by atoms with E-state index in [1.165, 1.54) is 18.4 Å². The first-order valence-electron chi connectivity index (χ1n) is 9.64. The van der Waals surface area contributed by atoms with Crippen molar-refractivity contribution in [2.24, 2.45) is 5.92 Å². The van der Waals surface area contributed by atoms with Crippen molar-refractivity contribution in [3.8, 4) is 0 Å². The van der Waals surface area contributed by atoms with Crippen LogP contribution in [0.4, 0.5) is 0 Å². The second-order valence-electron chi connectivity index (χ2n) is 7.53. The van der Waals surface area contributed by atoms with E-state index < -0.39 is 0 Å². The normalized spacial score (nSPS) is 26.2. The third kappa shape index (κ3) is 4.03. The van der Waals surface area contributed by atoms with E-state index in [1.54, 1.807) is 0 Å². The average molecular weight is 371 g/mol. The lowest BCUT2D eigenvalue weighted by Crippen LogP contribution is -2.44. The first kappa shape index (κ1) is 17.8. The van der Waals surface area contributed by atoms with E-state index in [2.05, 4.69) is 58.5 Å². The number of halogens is 1. The molecule has 138 valence electrons. The minimum absolute atomic E-state index is 0.466. The largest absolute Gasteiger partial charge is 0.326 e. The van der Waals surface area contributed by atoms with Crippen molar-refractivity contribution in [2.75, 3.05) is 6.54 Å². The summed E-state index contributed by atoms with van der Waals surface area (Å²) < 4.78 is 2.38. The minimum atomic E-state index is 0.466. The van der Waals surface area contributed by atoms with Gasteiger partial charge < -0.3 is 15.2 Å². The third-order valence-electron chi connectivity index (χ3n) is 5.47. The highest BCUT2D eigenvalue weighted by molar-refractivity contribution is 6.31. The van der Waals surface area contributed by atoms with Crippen molar-refractivity contribution in [3.63, 3.8) is 0 Å². The molecule has 0 bridgehead atoms. The third-order valence-corrected chi connectivity index (χ3v) is 5.75. The molecule has 0 radical (unpaired) electrons. The Kier molecular flexibility index (Phi) is 5.44. The molecule has 0 saturated carbocycles. The van der Waals surface area contributed by atoms with Crippen LogP contribution in [0.1, 0.15) is 32.0 Å². The quantitative estimate of drug-likeness (QED) is 0.836. The molecule has 26 heavy (non-hydrogen) atoms. The van der Waals surface area contributed by atoms with Crippen molar-refractivity contribution in [1.82, 2.24) is 20.2 Å². The zero-order valence-electron chi connectivity index (χ0n) is 15.3. The number of hydrogen-bond acceptors (Lipinski definition) is 3. The summed E-state index contributed by atoms with van der Waals surface area (Å²) in [7, 11) is 0. The van der Waals surface area contributed by atoms with Gasteiger partial charge in [-0.25, -0.2) is 4.98 Å². The topological polar surface area (TPSA) is 41.9 Å². The van der Waals surface area contributed by atoms with Crippen molar-refractivity contribution in [1.29, 1.82) is 0 Å². The Labute approximate surface area is 160 Å². The van der Waals surface area contributed by atoms with Gasteiger partial charge in [-0.2, -0.15) is 0 Å².